The average Bonchev–Trinajstić information content (AvgIpc) is 1.88. The van der Waals surface area contributed by atoms with Gasteiger partial charge < -0.3 is 4.90 Å². The van der Waals surface area contributed by atoms with Crippen molar-refractivity contribution in [1.29, 1.82) is 0 Å². The SMILES string of the molecule is C1CC2CCC[NH+](C1)C2. The third-order valence-electron chi connectivity index (χ3n) is 2.86. The molecule has 0 aromatic carbocycles. The van der Waals surface area contributed by atoms with Gasteiger partial charge in [0.1, 0.15) is 0 Å². The van der Waals surface area contributed by atoms with Crippen LogP contribution in [0.4, 0.5) is 0 Å². The van der Waals surface area contributed by atoms with Crippen LogP contribution in [0.25, 0.3) is 0 Å². The smallest absolute Gasteiger partial charge is 0.0799 e. The maximum absolute atomic E-state index is 1.89. The van der Waals surface area contributed by atoms with Gasteiger partial charge in [-0.1, -0.05) is 0 Å². The van der Waals surface area contributed by atoms with Crippen LogP contribution < -0.4 is 4.90 Å². The van der Waals surface area contributed by atoms with Crippen LogP contribution >= 0.6 is 0 Å². The zero-order valence-corrected chi connectivity index (χ0v) is 6.03. The van der Waals surface area contributed by atoms with Gasteiger partial charge in [0.15, 0.2) is 0 Å². The summed E-state index contributed by atoms with van der Waals surface area (Å²) >= 11 is 0. The number of rotatable bonds is 0. The third-order valence-corrected chi connectivity index (χ3v) is 2.86. The molecule has 2 saturated heterocycles. The molecule has 0 unspecified atom stereocenters. The number of quaternary nitrogens is 1. The lowest BCUT2D eigenvalue weighted by atomic mass is 9.90. The Morgan fingerprint density at radius 1 is 1.00 bits per heavy atom. The number of piperidine rings is 2. The molecule has 2 heterocycles. The van der Waals surface area contributed by atoms with Crippen LogP contribution in [0.2, 0.25) is 0 Å². The van der Waals surface area contributed by atoms with Crippen molar-refractivity contribution in [3.8, 4) is 0 Å². The van der Waals surface area contributed by atoms with Crippen LogP contribution in [-0.4, -0.2) is 19.6 Å². The maximum Gasteiger partial charge on any atom is 0.0799 e. The highest BCUT2D eigenvalue weighted by Gasteiger charge is 2.26. The third kappa shape index (κ3) is 1.11. The summed E-state index contributed by atoms with van der Waals surface area (Å²) < 4.78 is 0. The molecule has 2 fully saturated rings. The highest BCUT2D eigenvalue weighted by molar-refractivity contribution is 4.65. The number of nitrogens with one attached hydrogen (secondary N) is 1. The maximum atomic E-state index is 1.89. The van der Waals surface area contributed by atoms with E-state index in [2.05, 4.69) is 0 Å². The molecule has 0 aromatic rings. The van der Waals surface area contributed by atoms with Crippen molar-refractivity contribution < 1.29 is 4.90 Å². The van der Waals surface area contributed by atoms with E-state index in [-0.39, 0.29) is 0 Å². The summed E-state index contributed by atoms with van der Waals surface area (Å²) in [5.41, 5.74) is 0. The summed E-state index contributed by atoms with van der Waals surface area (Å²) in [6, 6.07) is 0. The first-order valence-corrected chi connectivity index (χ1v) is 4.29. The molecule has 1 heteroatoms. The van der Waals surface area contributed by atoms with E-state index >= 15 is 0 Å². The van der Waals surface area contributed by atoms with Crippen molar-refractivity contribution in [3.05, 3.63) is 0 Å². The Kier molecular flexibility index (Phi) is 1.46. The Morgan fingerprint density at radius 2 is 1.67 bits per heavy atom. The topological polar surface area (TPSA) is 4.44 Å². The van der Waals surface area contributed by atoms with E-state index in [1.54, 1.807) is 0 Å². The minimum absolute atomic E-state index is 1.11. The zero-order valence-electron chi connectivity index (χ0n) is 6.03. The van der Waals surface area contributed by atoms with E-state index in [1.807, 2.05) is 4.90 Å². The Balaban J connectivity index is 1.96. The van der Waals surface area contributed by atoms with Crippen LogP contribution in [0.5, 0.6) is 0 Å². The minimum atomic E-state index is 1.11. The van der Waals surface area contributed by atoms with E-state index in [4.69, 9.17) is 0 Å². The normalized spacial score (nSPS) is 42.7. The van der Waals surface area contributed by atoms with Gasteiger partial charge in [0.2, 0.25) is 0 Å². The lowest BCUT2D eigenvalue weighted by Gasteiger charge is -2.34. The lowest BCUT2D eigenvalue weighted by molar-refractivity contribution is -0.914. The highest BCUT2D eigenvalue weighted by atomic mass is 15.1. The van der Waals surface area contributed by atoms with E-state index < -0.39 is 0 Å². The molecule has 2 rings (SSSR count). The van der Waals surface area contributed by atoms with Gasteiger partial charge in [0.05, 0.1) is 19.6 Å². The molecule has 0 aliphatic carbocycles. The van der Waals surface area contributed by atoms with E-state index in [9.17, 15) is 0 Å². The van der Waals surface area contributed by atoms with Crippen molar-refractivity contribution >= 4 is 0 Å². The summed E-state index contributed by atoms with van der Waals surface area (Å²) in [6.07, 6.45) is 6.06. The summed E-state index contributed by atoms with van der Waals surface area (Å²) in [4.78, 5) is 1.89. The van der Waals surface area contributed by atoms with Crippen LogP contribution in [-0.2, 0) is 0 Å². The monoisotopic (exact) mass is 126 g/mol. The Labute approximate surface area is 57.0 Å². The Morgan fingerprint density at radius 3 is 2.11 bits per heavy atom. The van der Waals surface area contributed by atoms with Gasteiger partial charge in [-0.25, -0.2) is 0 Å². The van der Waals surface area contributed by atoms with Gasteiger partial charge in [-0.2, -0.15) is 0 Å². The van der Waals surface area contributed by atoms with Crippen molar-refractivity contribution in [3.63, 3.8) is 0 Å². The van der Waals surface area contributed by atoms with Crippen molar-refractivity contribution in [2.75, 3.05) is 19.6 Å². The number of hydrogen-bond donors (Lipinski definition) is 1. The first-order chi connectivity index (χ1) is 4.45. The first-order valence-electron chi connectivity index (χ1n) is 4.29. The fourth-order valence-corrected chi connectivity index (χ4v) is 2.37. The molecule has 9 heavy (non-hydrogen) atoms. The van der Waals surface area contributed by atoms with Gasteiger partial charge in [0, 0.05) is 5.92 Å². The van der Waals surface area contributed by atoms with Crippen LogP contribution in [0.1, 0.15) is 25.7 Å². The quantitative estimate of drug-likeness (QED) is 0.468. The molecule has 0 atom stereocenters. The van der Waals surface area contributed by atoms with E-state index in [0.717, 1.165) is 5.92 Å². The standard InChI is InChI=1S/C8H15N/c1-3-8-4-2-6-9(5-1)7-8/h8H,1-7H2/p+1. The Hall–Kier alpha value is -0.0400. The fraction of sp³-hybridized carbons (Fsp3) is 1.00. The molecule has 0 saturated carbocycles. The van der Waals surface area contributed by atoms with Gasteiger partial charge in [-0.15, -0.1) is 0 Å². The zero-order chi connectivity index (χ0) is 6.10. The van der Waals surface area contributed by atoms with Gasteiger partial charge in [-0.3, -0.25) is 0 Å². The second-order valence-electron chi connectivity index (χ2n) is 3.60. The second-order valence-corrected chi connectivity index (χ2v) is 3.60. The molecular formula is C8H16N+. The minimum Gasteiger partial charge on any atom is -0.335 e. The number of hydrogen-bond acceptors (Lipinski definition) is 0. The molecule has 1 N–H and O–H groups in total. The molecule has 0 amide bonds. The van der Waals surface area contributed by atoms with Crippen molar-refractivity contribution in [2.45, 2.75) is 25.7 Å². The Bertz CT molecular complexity index is 80.7. The largest absolute Gasteiger partial charge is 0.335 e. The van der Waals surface area contributed by atoms with Gasteiger partial charge >= 0.3 is 0 Å². The van der Waals surface area contributed by atoms with Crippen LogP contribution in [0, 0.1) is 5.92 Å². The second kappa shape index (κ2) is 2.30. The number of fused-ring (bicyclic) bond motifs is 2. The highest BCUT2D eigenvalue weighted by Crippen LogP contribution is 2.15. The first kappa shape index (κ1) is 5.72. The molecule has 2 aliphatic rings. The lowest BCUT2D eigenvalue weighted by Crippen LogP contribution is -3.14. The summed E-state index contributed by atoms with van der Waals surface area (Å²) in [6.45, 7) is 4.44. The van der Waals surface area contributed by atoms with E-state index in [1.165, 1.54) is 45.3 Å². The fourth-order valence-electron chi connectivity index (χ4n) is 2.37. The van der Waals surface area contributed by atoms with Crippen LogP contribution in [0.3, 0.4) is 0 Å². The average molecular weight is 126 g/mol. The molecular weight excluding hydrogens is 110 g/mol. The van der Waals surface area contributed by atoms with Crippen LogP contribution in [0.15, 0.2) is 0 Å². The molecule has 2 aliphatic heterocycles. The molecule has 2 bridgehead atoms. The van der Waals surface area contributed by atoms with Gasteiger partial charge in [0.25, 0.3) is 0 Å². The summed E-state index contributed by atoms with van der Waals surface area (Å²) in [5.74, 6) is 1.11. The summed E-state index contributed by atoms with van der Waals surface area (Å²) in [7, 11) is 0. The molecule has 0 spiro atoms. The molecule has 0 aromatic heterocycles. The summed E-state index contributed by atoms with van der Waals surface area (Å²) in [5, 5.41) is 0. The van der Waals surface area contributed by atoms with E-state index in [0.29, 0.717) is 0 Å². The molecule has 52 valence electrons. The molecule has 0 radical (unpaired) electrons. The van der Waals surface area contributed by atoms with Crippen molar-refractivity contribution in [1.82, 2.24) is 0 Å². The predicted molar refractivity (Wildman–Crippen MR) is 37.5 cm³/mol. The van der Waals surface area contributed by atoms with Crippen molar-refractivity contribution in [2.24, 2.45) is 5.92 Å². The predicted octanol–water partition coefficient (Wildman–Crippen LogP) is 0.0751. The molecule has 1 nitrogen and oxygen atoms in total. The van der Waals surface area contributed by atoms with Gasteiger partial charge in [-0.05, 0) is 25.7 Å².